The van der Waals surface area contributed by atoms with E-state index in [1.807, 2.05) is 38.6 Å². The van der Waals surface area contributed by atoms with Crippen molar-refractivity contribution in [1.29, 1.82) is 0 Å². The van der Waals surface area contributed by atoms with Crippen molar-refractivity contribution in [3.8, 4) is 0 Å². The van der Waals surface area contributed by atoms with E-state index in [4.69, 9.17) is 4.74 Å². The summed E-state index contributed by atoms with van der Waals surface area (Å²) in [7, 11) is 1.93. The lowest BCUT2D eigenvalue weighted by Crippen LogP contribution is -2.55. The van der Waals surface area contributed by atoms with E-state index in [0.29, 0.717) is 13.1 Å². The lowest BCUT2D eigenvalue weighted by atomic mass is 10.2. The molecule has 0 radical (unpaired) electrons. The maximum absolute atomic E-state index is 12.1. The van der Waals surface area contributed by atoms with Crippen LogP contribution < -0.4 is 4.90 Å². The second-order valence-electron chi connectivity index (χ2n) is 6.28. The molecule has 0 spiro atoms. The smallest absolute Gasteiger partial charge is 0.410 e. The molecular weight excluding hydrogens is 256 g/mol. The number of piperazine rings is 1. The molecule has 1 aromatic rings. The van der Waals surface area contributed by atoms with Crippen molar-refractivity contribution in [2.75, 3.05) is 24.5 Å². The van der Waals surface area contributed by atoms with Crippen LogP contribution in [0.5, 0.6) is 0 Å². The Balaban J connectivity index is 1.99. The van der Waals surface area contributed by atoms with Gasteiger partial charge in [-0.2, -0.15) is 5.10 Å². The van der Waals surface area contributed by atoms with Crippen LogP contribution >= 0.6 is 0 Å². The molecule has 1 aliphatic heterocycles. The summed E-state index contributed by atoms with van der Waals surface area (Å²) in [5.41, 5.74) is -0.445. The monoisotopic (exact) mass is 280 g/mol. The maximum atomic E-state index is 12.1. The fraction of sp³-hybridized carbons (Fsp3) is 0.714. The maximum Gasteiger partial charge on any atom is 0.410 e. The quantitative estimate of drug-likeness (QED) is 0.788. The van der Waals surface area contributed by atoms with E-state index in [9.17, 15) is 4.79 Å². The third-order valence-electron chi connectivity index (χ3n) is 3.37. The Labute approximate surface area is 120 Å². The average Bonchev–Trinajstić information content (AvgIpc) is 2.73. The van der Waals surface area contributed by atoms with Gasteiger partial charge in [-0.3, -0.25) is 4.68 Å². The number of rotatable bonds is 1. The minimum Gasteiger partial charge on any atom is -0.444 e. The van der Waals surface area contributed by atoms with Crippen LogP contribution in [0.15, 0.2) is 12.3 Å². The van der Waals surface area contributed by atoms with Gasteiger partial charge in [0.1, 0.15) is 11.4 Å². The zero-order valence-electron chi connectivity index (χ0n) is 13.0. The van der Waals surface area contributed by atoms with E-state index >= 15 is 0 Å². The Hall–Kier alpha value is -1.72. The number of nitrogens with zero attached hydrogens (tertiary/aromatic N) is 4. The number of ether oxygens (including phenoxy) is 1. The Kier molecular flexibility index (Phi) is 3.92. The standard InChI is InChI=1S/C14H24N4O2/c1-11-10-17(13(19)20-14(2,3)4)8-9-18(11)12-6-7-15-16(12)5/h6-7,11H,8-10H2,1-5H3/t11-/m0/s1. The summed E-state index contributed by atoms with van der Waals surface area (Å²) in [6, 6.07) is 2.24. The van der Waals surface area contributed by atoms with Gasteiger partial charge in [-0.25, -0.2) is 4.79 Å². The topological polar surface area (TPSA) is 50.6 Å². The summed E-state index contributed by atoms with van der Waals surface area (Å²) < 4.78 is 7.29. The van der Waals surface area contributed by atoms with Crippen molar-refractivity contribution in [3.63, 3.8) is 0 Å². The number of aryl methyl sites for hydroxylation is 1. The van der Waals surface area contributed by atoms with Gasteiger partial charge in [0.25, 0.3) is 0 Å². The van der Waals surface area contributed by atoms with Crippen LogP contribution in [0.1, 0.15) is 27.7 Å². The highest BCUT2D eigenvalue weighted by molar-refractivity contribution is 5.68. The average molecular weight is 280 g/mol. The summed E-state index contributed by atoms with van der Waals surface area (Å²) in [6.45, 7) is 9.91. The highest BCUT2D eigenvalue weighted by Crippen LogP contribution is 2.20. The number of hydrogen-bond acceptors (Lipinski definition) is 4. The molecule has 2 rings (SSSR count). The molecule has 1 atom stereocenters. The molecule has 1 aromatic heterocycles. The number of hydrogen-bond donors (Lipinski definition) is 0. The SMILES string of the molecule is C[C@H]1CN(C(=O)OC(C)(C)C)CCN1c1ccnn1C. The number of aromatic nitrogens is 2. The van der Waals surface area contributed by atoms with Crippen LogP contribution in [-0.2, 0) is 11.8 Å². The molecule has 112 valence electrons. The molecule has 1 aliphatic rings. The van der Waals surface area contributed by atoms with E-state index in [0.717, 1.165) is 12.4 Å². The summed E-state index contributed by atoms with van der Waals surface area (Å²) >= 11 is 0. The van der Waals surface area contributed by atoms with Crippen LogP contribution in [-0.4, -0.2) is 52.1 Å². The molecule has 20 heavy (non-hydrogen) atoms. The third-order valence-corrected chi connectivity index (χ3v) is 3.37. The first kappa shape index (κ1) is 14.7. The van der Waals surface area contributed by atoms with Crippen molar-refractivity contribution in [3.05, 3.63) is 12.3 Å². The zero-order chi connectivity index (χ0) is 14.9. The molecule has 1 amide bonds. The van der Waals surface area contributed by atoms with E-state index in [1.54, 1.807) is 11.1 Å². The Morgan fingerprint density at radius 3 is 2.60 bits per heavy atom. The second-order valence-corrected chi connectivity index (χ2v) is 6.28. The highest BCUT2D eigenvalue weighted by atomic mass is 16.6. The third kappa shape index (κ3) is 3.23. The summed E-state index contributed by atoms with van der Waals surface area (Å²) in [5.74, 6) is 1.08. The molecule has 0 unspecified atom stereocenters. The van der Waals surface area contributed by atoms with Crippen LogP contribution in [0.2, 0.25) is 0 Å². The van der Waals surface area contributed by atoms with Crippen LogP contribution in [0.4, 0.5) is 10.6 Å². The number of amides is 1. The Morgan fingerprint density at radius 1 is 1.40 bits per heavy atom. The molecule has 0 aliphatic carbocycles. The van der Waals surface area contributed by atoms with Gasteiger partial charge >= 0.3 is 6.09 Å². The van der Waals surface area contributed by atoms with Crippen molar-refractivity contribution >= 4 is 11.9 Å². The minimum atomic E-state index is -0.445. The zero-order valence-corrected chi connectivity index (χ0v) is 13.0. The Bertz CT molecular complexity index is 478. The summed E-state index contributed by atoms with van der Waals surface area (Å²) in [4.78, 5) is 16.1. The molecule has 6 heteroatoms. The lowest BCUT2D eigenvalue weighted by molar-refractivity contribution is 0.0218. The highest BCUT2D eigenvalue weighted by Gasteiger charge is 2.30. The molecule has 0 N–H and O–H groups in total. The van der Waals surface area contributed by atoms with E-state index < -0.39 is 5.60 Å². The van der Waals surface area contributed by atoms with Crippen molar-refractivity contribution in [1.82, 2.24) is 14.7 Å². The van der Waals surface area contributed by atoms with Crippen LogP contribution in [0.3, 0.4) is 0 Å². The van der Waals surface area contributed by atoms with Crippen molar-refractivity contribution in [2.24, 2.45) is 7.05 Å². The van der Waals surface area contributed by atoms with Crippen LogP contribution in [0, 0.1) is 0 Å². The fourth-order valence-electron chi connectivity index (χ4n) is 2.44. The molecule has 2 heterocycles. The number of carbonyl (C=O) groups is 1. The molecule has 1 fully saturated rings. The largest absolute Gasteiger partial charge is 0.444 e. The van der Waals surface area contributed by atoms with E-state index in [2.05, 4.69) is 16.9 Å². The van der Waals surface area contributed by atoms with Crippen molar-refractivity contribution < 1.29 is 9.53 Å². The summed E-state index contributed by atoms with van der Waals surface area (Å²) in [5, 5.41) is 4.20. The van der Waals surface area contributed by atoms with Gasteiger partial charge in [-0.1, -0.05) is 0 Å². The molecule has 0 saturated carbocycles. The second kappa shape index (κ2) is 5.34. The van der Waals surface area contributed by atoms with E-state index in [1.165, 1.54) is 0 Å². The molecule has 1 saturated heterocycles. The Morgan fingerprint density at radius 2 is 2.10 bits per heavy atom. The van der Waals surface area contributed by atoms with E-state index in [-0.39, 0.29) is 12.1 Å². The van der Waals surface area contributed by atoms with Gasteiger partial charge in [-0.05, 0) is 27.7 Å². The van der Waals surface area contributed by atoms with Crippen LogP contribution in [0.25, 0.3) is 0 Å². The lowest BCUT2D eigenvalue weighted by Gasteiger charge is -2.41. The predicted molar refractivity (Wildman–Crippen MR) is 77.8 cm³/mol. The van der Waals surface area contributed by atoms with Gasteiger partial charge < -0.3 is 14.5 Å². The summed E-state index contributed by atoms with van der Waals surface area (Å²) in [6.07, 6.45) is 1.57. The molecular formula is C14H24N4O2. The normalized spacial score (nSPS) is 20.1. The molecule has 6 nitrogen and oxygen atoms in total. The fourth-order valence-corrected chi connectivity index (χ4v) is 2.44. The number of carbonyl (C=O) groups excluding carboxylic acids is 1. The first-order valence-electron chi connectivity index (χ1n) is 7.00. The molecule has 0 bridgehead atoms. The van der Waals surface area contributed by atoms with Gasteiger partial charge in [0, 0.05) is 38.8 Å². The van der Waals surface area contributed by atoms with Gasteiger partial charge in [0.15, 0.2) is 0 Å². The molecule has 0 aromatic carbocycles. The predicted octanol–water partition coefficient (Wildman–Crippen LogP) is 1.87. The first-order valence-corrected chi connectivity index (χ1v) is 7.00. The minimum absolute atomic E-state index is 0.228. The first-order chi connectivity index (χ1) is 9.28. The van der Waals surface area contributed by atoms with Gasteiger partial charge in [0.05, 0.1) is 6.20 Å². The van der Waals surface area contributed by atoms with Gasteiger partial charge in [-0.15, -0.1) is 0 Å². The number of anilines is 1. The van der Waals surface area contributed by atoms with Crippen molar-refractivity contribution in [2.45, 2.75) is 39.3 Å². The van der Waals surface area contributed by atoms with Gasteiger partial charge in [0.2, 0.25) is 0 Å².